The Balaban J connectivity index is 1.51. The van der Waals surface area contributed by atoms with Crippen LogP contribution < -0.4 is 0 Å². The van der Waals surface area contributed by atoms with Crippen LogP contribution in [-0.4, -0.2) is 56.7 Å². The number of nitrogens with zero attached hydrogens (tertiary/aromatic N) is 5. The molecule has 3 rings (SSSR count). The first-order chi connectivity index (χ1) is 11.6. The van der Waals surface area contributed by atoms with E-state index < -0.39 is 0 Å². The molecule has 0 bridgehead atoms. The van der Waals surface area contributed by atoms with E-state index >= 15 is 0 Å². The Labute approximate surface area is 147 Å². The Morgan fingerprint density at radius 3 is 2.88 bits per heavy atom. The molecule has 0 spiro atoms. The van der Waals surface area contributed by atoms with Gasteiger partial charge in [-0.1, -0.05) is 0 Å². The van der Waals surface area contributed by atoms with Crippen LogP contribution in [0.3, 0.4) is 0 Å². The van der Waals surface area contributed by atoms with Crippen molar-refractivity contribution >= 4 is 17.2 Å². The first kappa shape index (κ1) is 17.1. The van der Waals surface area contributed by atoms with Crippen molar-refractivity contribution in [2.75, 3.05) is 26.2 Å². The standard InChI is InChI=1S/C17H25N5OS/c1-3-22-12-15(10-18-22)11-20-5-4-6-21(8-7-20)17(23)9-16-13-24-14(2)19-16/h10,12-13H,3-9,11H2,1-2H3. The molecule has 0 aliphatic carbocycles. The van der Waals surface area contributed by atoms with Gasteiger partial charge in [-0.3, -0.25) is 14.4 Å². The van der Waals surface area contributed by atoms with E-state index in [1.165, 1.54) is 5.56 Å². The van der Waals surface area contributed by atoms with E-state index in [1.54, 1.807) is 11.3 Å². The quantitative estimate of drug-likeness (QED) is 0.829. The second-order valence-corrected chi connectivity index (χ2v) is 7.31. The molecule has 130 valence electrons. The number of aromatic nitrogens is 3. The maximum Gasteiger partial charge on any atom is 0.228 e. The van der Waals surface area contributed by atoms with Crippen LogP contribution in [0, 0.1) is 6.92 Å². The third kappa shape index (κ3) is 4.42. The minimum Gasteiger partial charge on any atom is -0.341 e. The van der Waals surface area contributed by atoms with E-state index in [0.717, 1.165) is 56.4 Å². The number of rotatable bonds is 5. The lowest BCUT2D eigenvalue weighted by atomic mass is 10.3. The largest absolute Gasteiger partial charge is 0.341 e. The molecule has 0 aromatic carbocycles. The van der Waals surface area contributed by atoms with Gasteiger partial charge in [-0.05, 0) is 20.3 Å². The van der Waals surface area contributed by atoms with Crippen LogP contribution in [0.15, 0.2) is 17.8 Å². The Morgan fingerprint density at radius 2 is 2.17 bits per heavy atom. The van der Waals surface area contributed by atoms with Crippen LogP contribution in [0.5, 0.6) is 0 Å². The molecule has 0 atom stereocenters. The van der Waals surface area contributed by atoms with E-state index in [-0.39, 0.29) is 5.91 Å². The van der Waals surface area contributed by atoms with Crippen molar-refractivity contribution in [2.45, 2.75) is 39.8 Å². The molecular formula is C17H25N5OS. The lowest BCUT2D eigenvalue weighted by Crippen LogP contribution is -2.36. The van der Waals surface area contributed by atoms with Crippen molar-refractivity contribution in [3.8, 4) is 0 Å². The molecule has 7 heteroatoms. The zero-order valence-electron chi connectivity index (χ0n) is 14.4. The van der Waals surface area contributed by atoms with Gasteiger partial charge in [0.1, 0.15) is 0 Å². The van der Waals surface area contributed by atoms with Gasteiger partial charge in [0.05, 0.1) is 23.3 Å². The monoisotopic (exact) mass is 347 g/mol. The molecule has 6 nitrogen and oxygen atoms in total. The molecule has 0 saturated carbocycles. The topological polar surface area (TPSA) is 54.3 Å². The summed E-state index contributed by atoms with van der Waals surface area (Å²) >= 11 is 1.60. The van der Waals surface area contributed by atoms with E-state index in [9.17, 15) is 4.79 Å². The zero-order valence-corrected chi connectivity index (χ0v) is 15.3. The van der Waals surface area contributed by atoms with Crippen LogP contribution in [0.1, 0.15) is 29.6 Å². The number of carbonyl (C=O) groups is 1. The van der Waals surface area contributed by atoms with Crippen LogP contribution in [0.2, 0.25) is 0 Å². The summed E-state index contributed by atoms with van der Waals surface area (Å²) in [6.45, 7) is 9.46. The average molecular weight is 347 g/mol. The molecule has 2 aromatic rings. The molecule has 2 aromatic heterocycles. The number of amides is 1. The van der Waals surface area contributed by atoms with Crippen molar-refractivity contribution in [3.63, 3.8) is 0 Å². The molecule has 1 aliphatic heterocycles. The van der Waals surface area contributed by atoms with Crippen LogP contribution in [0.4, 0.5) is 0 Å². The highest BCUT2D eigenvalue weighted by molar-refractivity contribution is 7.09. The number of hydrogen-bond donors (Lipinski definition) is 0. The molecule has 1 fully saturated rings. The van der Waals surface area contributed by atoms with Crippen molar-refractivity contribution < 1.29 is 4.79 Å². The zero-order chi connectivity index (χ0) is 16.9. The van der Waals surface area contributed by atoms with Gasteiger partial charge < -0.3 is 4.90 Å². The fourth-order valence-corrected chi connectivity index (χ4v) is 3.67. The highest BCUT2D eigenvalue weighted by Gasteiger charge is 2.20. The molecule has 0 unspecified atom stereocenters. The van der Waals surface area contributed by atoms with Crippen LogP contribution >= 0.6 is 11.3 Å². The smallest absolute Gasteiger partial charge is 0.228 e. The van der Waals surface area contributed by atoms with Gasteiger partial charge in [-0.25, -0.2) is 4.98 Å². The SMILES string of the molecule is CCn1cc(CN2CCCN(C(=O)Cc3csc(C)n3)CC2)cn1. The van der Waals surface area contributed by atoms with Crippen molar-refractivity contribution in [1.82, 2.24) is 24.6 Å². The van der Waals surface area contributed by atoms with Gasteiger partial charge in [0, 0.05) is 56.4 Å². The summed E-state index contributed by atoms with van der Waals surface area (Å²) in [4.78, 5) is 21.3. The third-order valence-electron chi connectivity index (χ3n) is 4.36. The van der Waals surface area contributed by atoms with E-state index in [1.807, 2.05) is 28.1 Å². The molecule has 0 radical (unpaired) electrons. The summed E-state index contributed by atoms with van der Waals surface area (Å²) in [6.07, 6.45) is 5.50. The molecule has 1 saturated heterocycles. The Kier molecular flexibility index (Phi) is 5.63. The Morgan fingerprint density at radius 1 is 1.29 bits per heavy atom. The first-order valence-electron chi connectivity index (χ1n) is 8.56. The summed E-state index contributed by atoms with van der Waals surface area (Å²) < 4.78 is 1.96. The number of aryl methyl sites for hydroxylation is 2. The van der Waals surface area contributed by atoms with Gasteiger partial charge in [0.25, 0.3) is 0 Å². The van der Waals surface area contributed by atoms with Gasteiger partial charge in [0.15, 0.2) is 0 Å². The molecule has 24 heavy (non-hydrogen) atoms. The maximum atomic E-state index is 12.5. The van der Waals surface area contributed by atoms with E-state index in [2.05, 4.69) is 28.1 Å². The van der Waals surface area contributed by atoms with Crippen molar-refractivity contribution in [1.29, 1.82) is 0 Å². The first-order valence-corrected chi connectivity index (χ1v) is 9.44. The highest BCUT2D eigenvalue weighted by atomic mass is 32.1. The predicted octanol–water partition coefficient (Wildman–Crippen LogP) is 1.94. The predicted molar refractivity (Wildman–Crippen MR) is 94.9 cm³/mol. The Hall–Kier alpha value is -1.73. The van der Waals surface area contributed by atoms with Crippen LogP contribution in [-0.2, 0) is 24.3 Å². The fraction of sp³-hybridized carbons (Fsp3) is 0.588. The van der Waals surface area contributed by atoms with Crippen molar-refractivity contribution in [2.24, 2.45) is 0 Å². The fourth-order valence-electron chi connectivity index (χ4n) is 3.05. The van der Waals surface area contributed by atoms with Gasteiger partial charge >= 0.3 is 0 Å². The molecule has 3 heterocycles. The molecular weight excluding hydrogens is 322 g/mol. The molecule has 1 aliphatic rings. The van der Waals surface area contributed by atoms with Gasteiger partial charge in [0.2, 0.25) is 5.91 Å². The highest BCUT2D eigenvalue weighted by Crippen LogP contribution is 2.12. The lowest BCUT2D eigenvalue weighted by Gasteiger charge is -2.21. The normalized spacial score (nSPS) is 16.3. The maximum absolute atomic E-state index is 12.5. The number of hydrogen-bond acceptors (Lipinski definition) is 5. The van der Waals surface area contributed by atoms with E-state index in [0.29, 0.717) is 6.42 Å². The number of carbonyl (C=O) groups excluding carboxylic acids is 1. The Bertz CT molecular complexity index is 680. The summed E-state index contributed by atoms with van der Waals surface area (Å²) in [5.41, 5.74) is 2.14. The van der Waals surface area contributed by atoms with E-state index in [4.69, 9.17) is 0 Å². The summed E-state index contributed by atoms with van der Waals surface area (Å²) in [5, 5.41) is 7.34. The summed E-state index contributed by atoms with van der Waals surface area (Å²) in [6, 6.07) is 0. The second-order valence-electron chi connectivity index (χ2n) is 6.25. The van der Waals surface area contributed by atoms with Crippen molar-refractivity contribution in [3.05, 3.63) is 34.0 Å². The van der Waals surface area contributed by atoms with Crippen LogP contribution in [0.25, 0.3) is 0 Å². The lowest BCUT2D eigenvalue weighted by molar-refractivity contribution is -0.130. The van der Waals surface area contributed by atoms with Gasteiger partial charge in [-0.2, -0.15) is 5.10 Å². The second kappa shape index (κ2) is 7.90. The summed E-state index contributed by atoms with van der Waals surface area (Å²) in [7, 11) is 0. The van der Waals surface area contributed by atoms with Gasteiger partial charge in [-0.15, -0.1) is 11.3 Å². The number of thiazole rings is 1. The molecule has 1 amide bonds. The third-order valence-corrected chi connectivity index (χ3v) is 5.18. The minimum absolute atomic E-state index is 0.195. The minimum atomic E-state index is 0.195. The summed E-state index contributed by atoms with van der Waals surface area (Å²) in [5.74, 6) is 0.195. The molecule has 0 N–H and O–H groups in total. The average Bonchev–Trinajstić information content (AvgIpc) is 3.11.